The smallest absolute Gasteiger partial charge is 0.258 e. The molecule has 0 atom stereocenters. The van der Waals surface area contributed by atoms with E-state index in [9.17, 15) is 9.90 Å². The van der Waals surface area contributed by atoms with E-state index in [2.05, 4.69) is 10.1 Å². The van der Waals surface area contributed by atoms with Gasteiger partial charge < -0.3 is 24.8 Å². The number of aromatic hydroxyl groups is 1. The maximum absolute atomic E-state index is 10.9. The third kappa shape index (κ3) is 3.95. The van der Waals surface area contributed by atoms with Crippen molar-refractivity contribution >= 4 is 17.5 Å². The molecule has 3 N–H and O–H groups in total. The second-order valence-electron chi connectivity index (χ2n) is 5.67. The molecule has 0 radical (unpaired) electrons. The normalized spacial score (nSPS) is 10.6. The van der Waals surface area contributed by atoms with Crippen molar-refractivity contribution in [3.8, 4) is 40.1 Å². The number of nitrogens with zero attached hydrogens (tertiary/aromatic N) is 2. The topological polar surface area (TPSA) is 121 Å². The predicted molar refractivity (Wildman–Crippen MR) is 97.8 cm³/mol. The molecule has 1 heterocycles. The van der Waals surface area contributed by atoms with Gasteiger partial charge in [-0.05, 0) is 42.8 Å². The van der Waals surface area contributed by atoms with Gasteiger partial charge in [-0.3, -0.25) is 4.79 Å². The number of carbonyl (C=O) groups excluding carboxylic acids is 1. The molecule has 0 bridgehead atoms. The van der Waals surface area contributed by atoms with E-state index in [-0.39, 0.29) is 29.0 Å². The van der Waals surface area contributed by atoms with Gasteiger partial charge >= 0.3 is 0 Å². The van der Waals surface area contributed by atoms with Crippen LogP contribution in [0.4, 0.5) is 0 Å². The van der Waals surface area contributed by atoms with Gasteiger partial charge in [0.15, 0.2) is 18.1 Å². The van der Waals surface area contributed by atoms with Crippen molar-refractivity contribution in [3.63, 3.8) is 0 Å². The third-order valence-electron chi connectivity index (χ3n) is 3.72. The van der Waals surface area contributed by atoms with E-state index in [0.29, 0.717) is 28.3 Å². The number of carbonyl (C=O) groups is 1. The van der Waals surface area contributed by atoms with Crippen LogP contribution >= 0.6 is 11.6 Å². The Morgan fingerprint density at radius 2 is 2.07 bits per heavy atom. The lowest BCUT2D eigenvalue weighted by Crippen LogP contribution is -2.20. The van der Waals surface area contributed by atoms with Crippen LogP contribution in [0.1, 0.15) is 5.56 Å². The fraction of sp³-hybridized carbons (Fsp3) is 0.167. The first-order chi connectivity index (χ1) is 12.9. The Kier molecular flexibility index (Phi) is 5.18. The van der Waals surface area contributed by atoms with Gasteiger partial charge in [0, 0.05) is 11.1 Å². The van der Waals surface area contributed by atoms with Crippen molar-refractivity contribution in [1.82, 2.24) is 10.1 Å². The lowest BCUT2D eigenvalue weighted by Gasteiger charge is -2.12. The molecule has 0 aliphatic rings. The summed E-state index contributed by atoms with van der Waals surface area (Å²) in [5.41, 5.74) is 6.98. The molecule has 0 saturated heterocycles. The minimum absolute atomic E-state index is 0.186. The molecule has 0 fully saturated rings. The van der Waals surface area contributed by atoms with E-state index in [4.69, 9.17) is 31.3 Å². The molecule has 0 unspecified atom stereocenters. The number of phenolic OH excluding ortho intramolecular Hbond substituents is 1. The zero-order chi connectivity index (χ0) is 19.6. The van der Waals surface area contributed by atoms with Crippen LogP contribution in [0.3, 0.4) is 0 Å². The highest BCUT2D eigenvalue weighted by atomic mass is 35.5. The molecule has 0 spiro atoms. The Morgan fingerprint density at radius 3 is 2.74 bits per heavy atom. The molecule has 1 amide bonds. The molecule has 27 heavy (non-hydrogen) atoms. The first-order valence-electron chi connectivity index (χ1n) is 7.81. The second-order valence-corrected chi connectivity index (χ2v) is 6.08. The molecular formula is C18H16ClN3O5. The van der Waals surface area contributed by atoms with Crippen LogP contribution in [0.5, 0.6) is 17.2 Å². The van der Waals surface area contributed by atoms with Gasteiger partial charge in [-0.25, -0.2) is 0 Å². The number of nitrogens with two attached hydrogens (primary N) is 1. The average Bonchev–Trinajstić information content (AvgIpc) is 3.12. The van der Waals surface area contributed by atoms with Crippen molar-refractivity contribution < 1.29 is 23.9 Å². The van der Waals surface area contributed by atoms with E-state index >= 15 is 0 Å². The van der Waals surface area contributed by atoms with Crippen molar-refractivity contribution in [2.24, 2.45) is 5.73 Å². The lowest BCUT2D eigenvalue weighted by atomic mass is 10.1. The van der Waals surface area contributed by atoms with Crippen molar-refractivity contribution in [3.05, 3.63) is 40.9 Å². The number of methoxy groups -OCH3 is 1. The number of phenols is 1. The van der Waals surface area contributed by atoms with Gasteiger partial charge in [0.1, 0.15) is 5.75 Å². The van der Waals surface area contributed by atoms with Crippen LogP contribution < -0.4 is 15.2 Å². The van der Waals surface area contributed by atoms with Gasteiger partial charge in [0.25, 0.3) is 11.8 Å². The van der Waals surface area contributed by atoms with Crippen LogP contribution in [-0.4, -0.2) is 34.9 Å². The highest BCUT2D eigenvalue weighted by molar-refractivity contribution is 6.32. The van der Waals surface area contributed by atoms with Crippen molar-refractivity contribution in [1.29, 1.82) is 0 Å². The van der Waals surface area contributed by atoms with E-state index < -0.39 is 5.91 Å². The third-order valence-corrected chi connectivity index (χ3v) is 4.00. The average molecular weight is 390 g/mol. The number of rotatable bonds is 6. The van der Waals surface area contributed by atoms with Crippen molar-refractivity contribution in [2.45, 2.75) is 6.92 Å². The molecule has 3 aromatic rings. The summed E-state index contributed by atoms with van der Waals surface area (Å²) in [7, 11) is 1.44. The minimum Gasteiger partial charge on any atom is -0.508 e. The Labute approximate surface area is 159 Å². The number of hydrogen-bond acceptors (Lipinski definition) is 7. The summed E-state index contributed by atoms with van der Waals surface area (Å²) < 4.78 is 15.9. The summed E-state index contributed by atoms with van der Waals surface area (Å²) in [5.74, 6) is 0.609. The molecule has 0 aliphatic carbocycles. The summed E-state index contributed by atoms with van der Waals surface area (Å²) in [6.07, 6.45) is 0. The molecule has 1 aromatic heterocycles. The molecule has 2 aromatic carbocycles. The maximum Gasteiger partial charge on any atom is 0.258 e. The van der Waals surface area contributed by atoms with Gasteiger partial charge in [-0.15, -0.1) is 0 Å². The van der Waals surface area contributed by atoms with E-state index in [1.54, 1.807) is 37.3 Å². The lowest BCUT2D eigenvalue weighted by molar-refractivity contribution is -0.119. The summed E-state index contributed by atoms with van der Waals surface area (Å²) in [6, 6.07) is 8.15. The number of benzene rings is 2. The predicted octanol–water partition coefficient (Wildman–Crippen LogP) is 2.94. The molecule has 0 saturated carbocycles. The summed E-state index contributed by atoms with van der Waals surface area (Å²) in [5, 5.41) is 13.8. The Bertz CT molecular complexity index is 1000. The number of aromatic nitrogens is 2. The fourth-order valence-corrected chi connectivity index (χ4v) is 2.64. The largest absolute Gasteiger partial charge is 0.508 e. The number of aryl methyl sites for hydroxylation is 1. The first-order valence-corrected chi connectivity index (χ1v) is 8.19. The van der Waals surface area contributed by atoms with Crippen LogP contribution in [0, 0.1) is 6.92 Å². The molecular weight excluding hydrogens is 374 g/mol. The molecule has 3 rings (SSSR count). The van der Waals surface area contributed by atoms with Crippen LogP contribution in [0.15, 0.2) is 34.9 Å². The number of primary amides is 1. The van der Waals surface area contributed by atoms with Gasteiger partial charge in [0.05, 0.1) is 12.1 Å². The monoisotopic (exact) mass is 389 g/mol. The van der Waals surface area contributed by atoms with Gasteiger partial charge in [-0.1, -0.05) is 16.8 Å². The van der Waals surface area contributed by atoms with E-state index in [1.807, 2.05) is 0 Å². The fourth-order valence-electron chi connectivity index (χ4n) is 2.38. The molecule has 0 aliphatic heterocycles. The second kappa shape index (κ2) is 7.55. The molecule has 140 valence electrons. The van der Waals surface area contributed by atoms with Crippen LogP contribution in [0.25, 0.3) is 22.8 Å². The summed E-state index contributed by atoms with van der Waals surface area (Å²) in [4.78, 5) is 15.3. The van der Waals surface area contributed by atoms with Crippen molar-refractivity contribution in [2.75, 3.05) is 13.7 Å². The highest BCUT2D eigenvalue weighted by Crippen LogP contribution is 2.39. The van der Waals surface area contributed by atoms with Gasteiger partial charge in [-0.2, -0.15) is 4.98 Å². The zero-order valence-corrected chi connectivity index (χ0v) is 15.3. The van der Waals surface area contributed by atoms with E-state index in [0.717, 1.165) is 0 Å². The number of amides is 1. The quantitative estimate of drug-likeness (QED) is 0.664. The minimum atomic E-state index is -0.636. The summed E-state index contributed by atoms with van der Waals surface area (Å²) >= 11 is 6.23. The zero-order valence-electron chi connectivity index (χ0n) is 14.5. The van der Waals surface area contributed by atoms with Gasteiger partial charge in [0.2, 0.25) is 5.82 Å². The highest BCUT2D eigenvalue weighted by Gasteiger charge is 2.18. The Morgan fingerprint density at radius 1 is 1.30 bits per heavy atom. The standard InChI is InChI=1S/C18H16ClN3O5/c1-9-5-10(3-4-13(9)23)17-21-18(27-22-17)11-6-12(19)16(14(7-11)25-2)26-8-15(20)24/h3-7,23H,8H2,1-2H3,(H2,20,24). The number of halogens is 1. The Balaban J connectivity index is 1.95. The SMILES string of the molecule is COc1cc(-c2nc(-c3ccc(O)c(C)c3)no2)cc(Cl)c1OCC(N)=O. The van der Waals surface area contributed by atoms with Crippen LogP contribution in [-0.2, 0) is 4.79 Å². The van der Waals surface area contributed by atoms with E-state index in [1.165, 1.54) is 7.11 Å². The summed E-state index contributed by atoms with van der Waals surface area (Å²) in [6.45, 7) is 1.44. The number of hydrogen-bond donors (Lipinski definition) is 2. The maximum atomic E-state index is 10.9. The first kappa shape index (κ1) is 18.5. The molecule has 9 heteroatoms. The van der Waals surface area contributed by atoms with Crippen LogP contribution in [0.2, 0.25) is 5.02 Å². The Hall–Kier alpha value is -3.26. The molecule has 8 nitrogen and oxygen atoms in total. The number of ether oxygens (including phenoxy) is 2.